The highest BCUT2D eigenvalue weighted by Gasteiger charge is 2.23. The van der Waals surface area contributed by atoms with E-state index in [-0.39, 0.29) is 5.78 Å². The molecule has 0 spiro atoms. The Bertz CT molecular complexity index is 386. The van der Waals surface area contributed by atoms with Gasteiger partial charge in [-0.15, -0.1) is 0 Å². The van der Waals surface area contributed by atoms with Gasteiger partial charge < -0.3 is 4.90 Å². The standard InChI is InChI=1S/C14H19NO/c1-11-5-3-6-12(9-11)14(16)10-13-7-4-8-15(13)2/h3,5-6,9,13H,4,7-8,10H2,1-2H3. The number of benzene rings is 1. The van der Waals surface area contributed by atoms with Crippen molar-refractivity contribution in [2.75, 3.05) is 13.6 Å². The highest BCUT2D eigenvalue weighted by atomic mass is 16.1. The van der Waals surface area contributed by atoms with E-state index in [4.69, 9.17) is 0 Å². The average molecular weight is 217 g/mol. The minimum Gasteiger partial charge on any atom is -0.303 e. The molecule has 1 aromatic rings. The average Bonchev–Trinajstić information content (AvgIpc) is 2.64. The highest BCUT2D eigenvalue weighted by Crippen LogP contribution is 2.20. The molecule has 0 saturated carbocycles. The minimum atomic E-state index is 0.280. The van der Waals surface area contributed by atoms with Gasteiger partial charge in [-0.2, -0.15) is 0 Å². The lowest BCUT2D eigenvalue weighted by atomic mass is 10.0. The molecule has 0 bridgehead atoms. The summed E-state index contributed by atoms with van der Waals surface area (Å²) in [4.78, 5) is 14.4. The van der Waals surface area contributed by atoms with E-state index in [1.807, 2.05) is 31.2 Å². The van der Waals surface area contributed by atoms with Gasteiger partial charge in [0.25, 0.3) is 0 Å². The Morgan fingerprint density at radius 1 is 1.50 bits per heavy atom. The van der Waals surface area contributed by atoms with Gasteiger partial charge in [0.15, 0.2) is 5.78 Å². The third kappa shape index (κ3) is 2.50. The second-order valence-corrected chi connectivity index (χ2v) is 4.77. The third-order valence-electron chi connectivity index (χ3n) is 3.43. The lowest BCUT2D eigenvalue weighted by molar-refractivity contribution is 0.0950. The van der Waals surface area contributed by atoms with Crippen LogP contribution < -0.4 is 0 Å². The number of hydrogen-bond donors (Lipinski definition) is 0. The van der Waals surface area contributed by atoms with Crippen molar-refractivity contribution in [2.45, 2.75) is 32.2 Å². The van der Waals surface area contributed by atoms with Crippen LogP contribution in [0.15, 0.2) is 24.3 Å². The van der Waals surface area contributed by atoms with Crippen molar-refractivity contribution in [3.05, 3.63) is 35.4 Å². The van der Waals surface area contributed by atoms with E-state index in [1.165, 1.54) is 6.42 Å². The van der Waals surface area contributed by atoms with Gasteiger partial charge in [-0.05, 0) is 39.4 Å². The first kappa shape index (κ1) is 11.3. The number of ketones is 1. The Hall–Kier alpha value is -1.15. The maximum atomic E-state index is 12.1. The Morgan fingerprint density at radius 2 is 2.31 bits per heavy atom. The van der Waals surface area contributed by atoms with E-state index in [2.05, 4.69) is 11.9 Å². The van der Waals surface area contributed by atoms with Gasteiger partial charge >= 0.3 is 0 Å². The Kier molecular flexibility index (Phi) is 3.39. The van der Waals surface area contributed by atoms with E-state index < -0.39 is 0 Å². The van der Waals surface area contributed by atoms with Crippen molar-refractivity contribution in [1.82, 2.24) is 4.90 Å². The molecule has 0 aliphatic carbocycles. The van der Waals surface area contributed by atoms with Crippen LogP contribution in [0, 0.1) is 6.92 Å². The molecule has 16 heavy (non-hydrogen) atoms. The van der Waals surface area contributed by atoms with Crippen molar-refractivity contribution in [3.8, 4) is 0 Å². The lowest BCUT2D eigenvalue weighted by Gasteiger charge is -2.18. The number of likely N-dealkylation sites (tertiary alicyclic amines) is 1. The summed E-state index contributed by atoms with van der Waals surface area (Å²) in [7, 11) is 2.11. The molecule has 0 amide bonds. The van der Waals surface area contributed by atoms with Crippen LogP contribution in [0.2, 0.25) is 0 Å². The monoisotopic (exact) mass is 217 g/mol. The molecule has 1 saturated heterocycles. The molecule has 1 unspecified atom stereocenters. The molecule has 86 valence electrons. The second-order valence-electron chi connectivity index (χ2n) is 4.77. The maximum Gasteiger partial charge on any atom is 0.164 e. The molecule has 0 N–H and O–H groups in total. The lowest BCUT2D eigenvalue weighted by Crippen LogP contribution is -2.27. The summed E-state index contributed by atoms with van der Waals surface area (Å²) >= 11 is 0. The van der Waals surface area contributed by atoms with E-state index in [9.17, 15) is 4.79 Å². The zero-order valence-corrected chi connectivity index (χ0v) is 10.1. The summed E-state index contributed by atoms with van der Waals surface area (Å²) < 4.78 is 0. The van der Waals surface area contributed by atoms with Crippen molar-refractivity contribution in [3.63, 3.8) is 0 Å². The van der Waals surface area contributed by atoms with Gasteiger partial charge in [0.1, 0.15) is 0 Å². The highest BCUT2D eigenvalue weighted by molar-refractivity contribution is 5.96. The summed E-state index contributed by atoms with van der Waals surface area (Å²) in [6.45, 7) is 3.16. The molecule has 1 aliphatic rings. The molecule has 1 aliphatic heterocycles. The first-order valence-electron chi connectivity index (χ1n) is 5.97. The first-order chi connectivity index (χ1) is 7.66. The Morgan fingerprint density at radius 3 is 2.94 bits per heavy atom. The van der Waals surface area contributed by atoms with Gasteiger partial charge in [-0.1, -0.05) is 23.8 Å². The summed E-state index contributed by atoms with van der Waals surface area (Å²) in [5.74, 6) is 0.280. The fourth-order valence-corrected chi connectivity index (χ4v) is 2.39. The third-order valence-corrected chi connectivity index (χ3v) is 3.43. The quantitative estimate of drug-likeness (QED) is 0.725. The van der Waals surface area contributed by atoms with Gasteiger partial charge in [-0.3, -0.25) is 4.79 Å². The number of Topliss-reactive ketones (excluding diaryl/α,β-unsaturated/α-hetero) is 1. The molecule has 2 nitrogen and oxygen atoms in total. The normalized spacial score (nSPS) is 21.2. The predicted molar refractivity (Wildman–Crippen MR) is 65.8 cm³/mol. The van der Waals surface area contributed by atoms with Crippen molar-refractivity contribution in [1.29, 1.82) is 0 Å². The molecule has 2 rings (SSSR count). The molecule has 0 radical (unpaired) electrons. The van der Waals surface area contributed by atoms with Crippen LogP contribution in [0.5, 0.6) is 0 Å². The summed E-state index contributed by atoms with van der Waals surface area (Å²) in [5.41, 5.74) is 2.02. The van der Waals surface area contributed by atoms with E-state index in [0.29, 0.717) is 12.5 Å². The molecular weight excluding hydrogens is 198 g/mol. The van der Waals surface area contributed by atoms with Crippen LogP contribution >= 0.6 is 0 Å². The van der Waals surface area contributed by atoms with E-state index >= 15 is 0 Å². The minimum absolute atomic E-state index is 0.280. The summed E-state index contributed by atoms with van der Waals surface area (Å²) in [6.07, 6.45) is 3.05. The smallest absolute Gasteiger partial charge is 0.164 e. The van der Waals surface area contributed by atoms with E-state index in [1.54, 1.807) is 0 Å². The van der Waals surface area contributed by atoms with Gasteiger partial charge in [0, 0.05) is 18.0 Å². The zero-order chi connectivity index (χ0) is 11.5. The Balaban J connectivity index is 2.03. The molecule has 1 aromatic carbocycles. The number of carbonyl (C=O) groups excluding carboxylic acids is 1. The van der Waals surface area contributed by atoms with Crippen LogP contribution in [0.25, 0.3) is 0 Å². The van der Waals surface area contributed by atoms with Crippen LogP contribution in [0.3, 0.4) is 0 Å². The summed E-state index contributed by atoms with van der Waals surface area (Å²) in [6, 6.07) is 8.34. The number of aryl methyl sites for hydroxylation is 1. The number of nitrogens with zero attached hydrogens (tertiary/aromatic N) is 1. The van der Waals surface area contributed by atoms with Gasteiger partial charge in [-0.25, -0.2) is 0 Å². The van der Waals surface area contributed by atoms with Crippen molar-refractivity contribution >= 4 is 5.78 Å². The molecule has 1 fully saturated rings. The molecule has 0 aromatic heterocycles. The number of rotatable bonds is 3. The fourth-order valence-electron chi connectivity index (χ4n) is 2.39. The van der Waals surface area contributed by atoms with E-state index in [0.717, 1.165) is 24.1 Å². The van der Waals surface area contributed by atoms with Crippen LogP contribution in [-0.2, 0) is 0 Å². The predicted octanol–water partition coefficient (Wildman–Crippen LogP) is 2.66. The topological polar surface area (TPSA) is 20.3 Å². The molecule has 2 heteroatoms. The van der Waals surface area contributed by atoms with Crippen LogP contribution in [0.1, 0.15) is 35.2 Å². The molecule has 1 heterocycles. The molecule has 1 atom stereocenters. The number of carbonyl (C=O) groups is 1. The van der Waals surface area contributed by atoms with Crippen molar-refractivity contribution < 1.29 is 4.79 Å². The van der Waals surface area contributed by atoms with Gasteiger partial charge in [0.05, 0.1) is 0 Å². The van der Waals surface area contributed by atoms with Crippen LogP contribution in [0.4, 0.5) is 0 Å². The maximum absolute atomic E-state index is 12.1. The molecular formula is C14H19NO. The second kappa shape index (κ2) is 4.79. The fraction of sp³-hybridized carbons (Fsp3) is 0.500. The SMILES string of the molecule is Cc1cccc(C(=O)CC2CCCN2C)c1. The van der Waals surface area contributed by atoms with Crippen molar-refractivity contribution in [2.24, 2.45) is 0 Å². The Labute approximate surface area is 97.3 Å². The first-order valence-corrected chi connectivity index (χ1v) is 5.97. The van der Waals surface area contributed by atoms with Crippen LogP contribution in [-0.4, -0.2) is 30.3 Å². The zero-order valence-electron chi connectivity index (χ0n) is 10.1. The largest absolute Gasteiger partial charge is 0.303 e. The summed E-state index contributed by atoms with van der Waals surface area (Å²) in [5, 5.41) is 0. The number of hydrogen-bond acceptors (Lipinski definition) is 2. The van der Waals surface area contributed by atoms with Gasteiger partial charge in [0.2, 0.25) is 0 Å².